The molecule has 0 radical (unpaired) electrons. The van der Waals surface area contributed by atoms with Crippen LogP contribution in [0.5, 0.6) is 0 Å². The topological polar surface area (TPSA) is 46.2 Å². The van der Waals surface area contributed by atoms with Crippen molar-refractivity contribution in [1.29, 1.82) is 0 Å². The number of aldehydes is 1. The van der Waals surface area contributed by atoms with Gasteiger partial charge in [-0.05, 0) is 18.8 Å². The molecule has 0 aromatic carbocycles. The highest BCUT2D eigenvalue weighted by Gasteiger charge is 2.45. The molecule has 2 fully saturated rings. The maximum absolute atomic E-state index is 11.7. The Balaban J connectivity index is 2.15. The molecule has 1 aliphatic heterocycles. The molecule has 2 rings (SSSR count). The van der Waals surface area contributed by atoms with E-state index in [1.165, 1.54) is 12.8 Å². The van der Waals surface area contributed by atoms with Crippen LogP contribution in [0.1, 0.15) is 32.6 Å². The van der Waals surface area contributed by atoms with Gasteiger partial charge in [0.15, 0.2) is 0 Å². The first-order chi connectivity index (χ1) is 6.74. The zero-order chi connectivity index (χ0) is 10.1. The molecule has 1 amide bonds. The Labute approximate surface area is 84.2 Å². The summed E-state index contributed by atoms with van der Waals surface area (Å²) in [5.74, 6) is 0.332. The maximum atomic E-state index is 11.7. The Kier molecular flexibility index (Phi) is 2.57. The number of carbonyl (C=O) groups excluding carboxylic acids is 2. The maximum Gasteiger partial charge on any atom is 0.224 e. The molecule has 0 bridgehead atoms. The second-order valence-electron chi connectivity index (χ2n) is 4.58. The highest BCUT2D eigenvalue weighted by molar-refractivity contribution is 5.84. The summed E-state index contributed by atoms with van der Waals surface area (Å²) in [5, 5.41) is 3.02. The van der Waals surface area contributed by atoms with Crippen LogP contribution in [0, 0.1) is 17.8 Å². The number of hydrogen-bond acceptors (Lipinski definition) is 2. The normalized spacial score (nSPS) is 38.6. The summed E-state index contributed by atoms with van der Waals surface area (Å²) in [5.41, 5.74) is 0. The van der Waals surface area contributed by atoms with Crippen molar-refractivity contribution in [2.45, 2.75) is 38.6 Å². The fourth-order valence-corrected chi connectivity index (χ4v) is 2.96. The van der Waals surface area contributed by atoms with Gasteiger partial charge in [0.1, 0.15) is 6.29 Å². The van der Waals surface area contributed by atoms with Crippen LogP contribution in [0.2, 0.25) is 0 Å². The summed E-state index contributed by atoms with van der Waals surface area (Å²) >= 11 is 0. The van der Waals surface area contributed by atoms with Gasteiger partial charge in [0.05, 0.1) is 5.92 Å². The predicted octanol–water partition coefficient (Wildman–Crippen LogP) is 1.13. The summed E-state index contributed by atoms with van der Waals surface area (Å²) in [6.45, 7) is 1.86. The van der Waals surface area contributed by atoms with E-state index in [4.69, 9.17) is 0 Å². The van der Waals surface area contributed by atoms with Crippen LogP contribution in [-0.4, -0.2) is 18.2 Å². The molecule has 1 aliphatic carbocycles. The first-order valence-corrected chi connectivity index (χ1v) is 5.49. The second kappa shape index (κ2) is 3.71. The quantitative estimate of drug-likeness (QED) is 0.671. The number of fused-ring (bicyclic) bond motifs is 1. The molecule has 0 aromatic heterocycles. The zero-order valence-corrected chi connectivity index (χ0v) is 8.53. The third kappa shape index (κ3) is 1.45. The summed E-state index contributed by atoms with van der Waals surface area (Å²) in [7, 11) is 0. The van der Waals surface area contributed by atoms with E-state index in [2.05, 4.69) is 5.32 Å². The van der Waals surface area contributed by atoms with Crippen LogP contribution < -0.4 is 5.32 Å². The van der Waals surface area contributed by atoms with Gasteiger partial charge < -0.3 is 10.1 Å². The molecule has 4 unspecified atom stereocenters. The van der Waals surface area contributed by atoms with Gasteiger partial charge in [-0.3, -0.25) is 4.79 Å². The standard InChI is InChI=1S/C11H17NO2/c1-7(6-13)10-8-4-2-3-5-9(8)12-11(10)14/h6-10H,2-5H2,1H3,(H,12,14). The van der Waals surface area contributed by atoms with Gasteiger partial charge in [-0.1, -0.05) is 19.8 Å². The first-order valence-electron chi connectivity index (χ1n) is 5.49. The van der Waals surface area contributed by atoms with Crippen molar-refractivity contribution in [3.8, 4) is 0 Å². The van der Waals surface area contributed by atoms with E-state index in [-0.39, 0.29) is 17.7 Å². The Morgan fingerprint density at radius 1 is 1.43 bits per heavy atom. The number of rotatable bonds is 2. The van der Waals surface area contributed by atoms with Gasteiger partial charge in [0.25, 0.3) is 0 Å². The molecule has 1 saturated heterocycles. The number of carbonyl (C=O) groups is 2. The Morgan fingerprint density at radius 2 is 2.14 bits per heavy atom. The molecule has 1 heterocycles. The van der Waals surface area contributed by atoms with Gasteiger partial charge in [0.2, 0.25) is 5.91 Å². The number of amides is 1. The van der Waals surface area contributed by atoms with Crippen LogP contribution in [0.3, 0.4) is 0 Å². The van der Waals surface area contributed by atoms with E-state index >= 15 is 0 Å². The van der Waals surface area contributed by atoms with E-state index in [1.807, 2.05) is 6.92 Å². The average Bonchev–Trinajstić information content (AvgIpc) is 2.53. The molecule has 1 N–H and O–H groups in total. The Morgan fingerprint density at radius 3 is 2.86 bits per heavy atom. The molecule has 3 nitrogen and oxygen atoms in total. The smallest absolute Gasteiger partial charge is 0.224 e. The first kappa shape index (κ1) is 9.69. The molecule has 78 valence electrons. The Hall–Kier alpha value is -0.860. The van der Waals surface area contributed by atoms with Gasteiger partial charge in [0, 0.05) is 12.0 Å². The molecule has 3 heteroatoms. The van der Waals surface area contributed by atoms with Crippen LogP contribution in [0.4, 0.5) is 0 Å². The minimum absolute atomic E-state index is 0.0576. The fourth-order valence-electron chi connectivity index (χ4n) is 2.96. The van der Waals surface area contributed by atoms with Crippen molar-refractivity contribution in [1.82, 2.24) is 5.32 Å². The van der Waals surface area contributed by atoms with Crippen molar-refractivity contribution < 1.29 is 9.59 Å². The van der Waals surface area contributed by atoms with E-state index in [0.29, 0.717) is 12.0 Å². The molecule has 2 aliphatic rings. The highest BCUT2D eigenvalue weighted by Crippen LogP contribution is 2.38. The van der Waals surface area contributed by atoms with E-state index in [9.17, 15) is 9.59 Å². The van der Waals surface area contributed by atoms with E-state index in [1.54, 1.807) is 0 Å². The summed E-state index contributed by atoms with van der Waals surface area (Å²) in [4.78, 5) is 22.4. The summed E-state index contributed by atoms with van der Waals surface area (Å²) < 4.78 is 0. The van der Waals surface area contributed by atoms with E-state index < -0.39 is 0 Å². The van der Waals surface area contributed by atoms with Crippen LogP contribution >= 0.6 is 0 Å². The van der Waals surface area contributed by atoms with Crippen molar-refractivity contribution in [3.05, 3.63) is 0 Å². The predicted molar refractivity (Wildman–Crippen MR) is 52.6 cm³/mol. The molecule has 14 heavy (non-hydrogen) atoms. The number of hydrogen-bond donors (Lipinski definition) is 1. The average molecular weight is 195 g/mol. The fraction of sp³-hybridized carbons (Fsp3) is 0.818. The van der Waals surface area contributed by atoms with E-state index in [0.717, 1.165) is 19.1 Å². The Bertz CT molecular complexity index is 252. The van der Waals surface area contributed by atoms with Gasteiger partial charge >= 0.3 is 0 Å². The van der Waals surface area contributed by atoms with Crippen molar-refractivity contribution in [2.75, 3.05) is 0 Å². The molecule has 4 atom stereocenters. The zero-order valence-electron chi connectivity index (χ0n) is 8.53. The van der Waals surface area contributed by atoms with Crippen LogP contribution in [0.15, 0.2) is 0 Å². The third-order valence-corrected chi connectivity index (χ3v) is 3.69. The molecular formula is C11H17NO2. The lowest BCUT2D eigenvalue weighted by Gasteiger charge is -2.28. The monoisotopic (exact) mass is 195 g/mol. The van der Waals surface area contributed by atoms with Crippen molar-refractivity contribution in [2.24, 2.45) is 17.8 Å². The largest absolute Gasteiger partial charge is 0.353 e. The van der Waals surface area contributed by atoms with Crippen molar-refractivity contribution >= 4 is 12.2 Å². The number of nitrogens with one attached hydrogen (secondary N) is 1. The van der Waals surface area contributed by atoms with Crippen molar-refractivity contribution in [3.63, 3.8) is 0 Å². The lowest BCUT2D eigenvalue weighted by atomic mass is 9.75. The summed E-state index contributed by atoms with van der Waals surface area (Å²) in [6.07, 6.45) is 5.54. The molecule has 0 aromatic rings. The summed E-state index contributed by atoms with van der Waals surface area (Å²) in [6, 6.07) is 0.351. The molecule has 1 saturated carbocycles. The minimum Gasteiger partial charge on any atom is -0.353 e. The SMILES string of the molecule is CC(C=O)C1C(=O)NC2CCCCC21. The molecule has 0 spiro atoms. The minimum atomic E-state index is -0.122. The molecular weight excluding hydrogens is 178 g/mol. The van der Waals surface area contributed by atoms with Crippen LogP contribution in [-0.2, 0) is 9.59 Å². The van der Waals surface area contributed by atoms with Gasteiger partial charge in [-0.25, -0.2) is 0 Å². The van der Waals surface area contributed by atoms with Gasteiger partial charge in [-0.2, -0.15) is 0 Å². The lowest BCUT2D eigenvalue weighted by Crippen LogP contribution is -2.31. The van der Waals surface area contributed by atoms with Crippen LogP contribution in [0.25, 0.3) is 0 Å². The third-order valence-electron chi connectivity index (χ3n) is 3.69. The second-order valence-corrected chi connectivity index (χ2v) is 4.58. The highest BCUT2D eigenvalue weighted by atomic mass is 16.2. The lowest BCUT2D eigenvalue weighted by molar-refractivity contribution is -0.127. The van der Waals surface area contributed by atoms with Gasteiger partial charge in [-0.15, -0.1) is 0 Å².